The van der Waals surface area contributed by atoms with E-state index in [4.69, 9.17) is 9.47 Å². The van der Waals surface area contributed by atoms with Gasteiger partial charge in [-0.05, 0) is 55.9 Å². The molecule has 0 bridgehead atoms. The van der Waals surface area contributed by atoms with Gasteiger partial charge in [-0.2, -0.15) is 0 Å². The summed E-state index contributed by atoms with van der Waals surface area (Å²) in [7, 11) is 3.00. The molecule has 2 aromatic carbocycles. The van der Waals surface area contributed by atoms with Crippen molar-refractivity contribution in [2.24, 2.45) is 0 Å². The fraction of sp³-hybridized carbons (Fsp3) is 0.375. The minimum absolute atomic E-state index is 0.0191. The third-order valence-electron chi connectivity index (χ3n) is 5.29. The van der Waals surface area contributed by atoms with Crippen LogP contribution in [0.4, 0.5) is 17.1 Å². The van der Waals surface area contributed by atoms with Gasteiger partial charge in [0, 0.05) is 30.2 Å². The molecule has 3 rings (SSSR count). The molecule has 2 aromatic rings. The Hall–Kier alpha value is -3.43. The third kappa shape index (κ3) is 7.03. The van der Waals surface area contributed by atoms with Gasteiger partial charge < -0.3 is 25.0 Å². The molecule has 176 valence electrons. The lowest BCUT2D eigenvalue weighted by molar-refractivity contribution is -0.119. The van der Waals surface area contributed by atoms with Crippen molar-refractivity contribution in [1.82, 2.24) is 4.90 Å². The summed E-state index contributed by atoms with van der Waals surface area (Å²) in [4.78, 5) is 40.4. The van der Waals surface area contributed by atoms with Crippen LogP contribution in [0.1, 0.15) is 15.9 Å². The summed E-state index contributed by atoms with van der Waals surface area (Å²) in [5.74, 6) is -0.976. The second-order valence-corrected chi connectivity index (χ2v) is 7.94. The van der Waals surface area contributed by atoms with Gasteiger partial charge in [0.05, 0.1) is 39.0 Å². The standard InChI is InChI=1S/C24H30N4O5/c1-17-4-5-18(24(31)32-3)14-21(17)26-23(30)16-27(2)15-22(29)25-19-6-8-20(9-7-19)28-10-12-33-13-11-28/h4-9,14H,10-13,15-16H2,1-3H3,(H,25,29)(H,26,30). The molecule has 9 nitrogen and oxygen atoms in total. The second kappa shape index (κ2) is 11.4. The quantitative estimate of drug-likeness (QED) is 0.590. The number of benzene rings is 2. The lowest BCUT2D eigenvalue weighted by Gasteiger charge is -2.28. The highest BCUT2D eigenvalue weighted by Gasteiger charge is 2.15. The summed E-state index contributed by atoms with van der Waals surface area (Å²) in [5, 5.41) is 5.64. The Kier molecular flexibility index (Phi) is 8.39. The fourth-order valence-corrected chi connectivity index (χ4v) is 3.52. The van der Waals surface area contributed by atoms with E-state index in [0.717, 1.165) is 24.3 Å². The molecular formula is C24H30N4O5. The number of nitrogens with one attached hydrogen (secondary N) is 2. The highest BCUT2D eigenvalue weighted by atomic mass is 16.5. The smallest absolute Gasteiger partial charge is 0.337 e. The van der Waals surface area contributed by atoms with E-state index in [9.17, 15) is 14.4 Å². The molecule has 0 unspecified atom stereocenters. The van der Waals surface area contributed by atoms with E-state index in [-0.39, 0.29) is 24.9 Å². The zero-order chi connectivity index (χ0) is 23.8. The van der Waals surface area contributed by atoms with Crippen LogP contribution in [-0.4, -0.2) is 76.2 Å². The van der Waals surface area contributed by atoms with Crippen LogP contribution in [0.3, 0.4) is 0 Å². The normalized spacial score (nSPS) is 13.5. The van der Waals surface area contributed by atoms with E-state index in [1.54, 1.807) is 30.1 Å². The molecule has 2 amide bonds. The molecule has 1 fully saturated rings. The van der Waals surface area contributed by atoms with Gasteiger partial charge in [-0.25, -0.2) is 4.79 Å². The Morgan fingerprint density at radius 3 is 2.27 bits per heavy atom. The van der Waals surface area contributed by atoms with Gasteiger partial charge in [0.1, 0.15) is 0 Å². The number of ether oxygens (including phenoxy) is 2. The van der Waals surface area contributed by atoms with E-state index in [0.29, 0.717) is 30.2 Å². The van der Waals surface area contributed by atoms with Crippen molar-refractivity contribution in [3.8, 4) is 0 Å². The maximum atomic E-state index is 12.4. The maximum Gasteiger partial charge on any atom is 0.337 e. The summed E-state index contributed by atoms with van der Waals surface area (Å²) in [6.07, 6.45) is 0. The molecule has 1 aliphatic heterocycles. The third-order valence-corrected chi connectivity index (χ3v) is 5.29. The summed E-state index contributed by atoms with van der Waals surface area (Å²) in [5.41, 5.74) is 3.49. The summed E-state index contributed by atoms with van der Waals surface area (Å²) in [6.45, 7) is 5.04. The van der Waals surface area contributed by atoms with Gasteiger partial charge in [-0.1, -0.05) is 6.07 Å². The molecule has 0 atom stereocenters. The Morgan fingerprint density at radius 1 is 1.00 bits per heavy atom. The van der Waals surface area contributed by atoms with E-state index >= 15 is 0 Å². The van der Waals surface area contributed by atoms with Crippen LogP contribution in [0.15, 0.2) is 42.5 Å². The first-order valence-corrected chi connectivity index (χ1v) is 10.8. The number of esters is 1. The molecule has 0 saturated carbocycles. The Labute approximate surface area is 193 Å². The van der Waals surface area contributed by atoms with Crippen LogP contribution in [0.25, 0.3) is 0 Å². The number of carbonyl (C=O) groups excluding carboxylic acids is 3. The summed E-state index contributed by atoms with van der Waals surface area (Å²) >= 11 is 0. The largest absolute Gasteiger partial charge is 0.465 e. The average molecular weight is 455 g/mol. The number of carbonyl (C=O) groups is 3. The van der Waals surface area contributed by atoms with Crippen LogP contribution < -0.4 is 15.5 Å². The van der Waals surface area contributed by atoms with Crippen molar-refractivity contribution in [2.75, 3.05) is 69.1 Å². The van der Waals surface area contributed by atoms with Crippen LogP contribution in [0, 0.1) is 6.92 Å². The molecule has 2 N–H and O–H groups in total. The number of hydrogen-bond acceptors (Lipinski definition) is 7. The lowest BCUT2D eigenvalue weighted by atomic mass is 10.1. The number of likely N-dealkylation sites (N-methyl/N-ethyl adjacent to an activating group) is 1. The number of nitrogens with zero attached hydrogens (tertiary/aromatic N) is 2. The number of rotatable bonds is 8. The Bertz CT molecular complexity index is 987. The molecule has 1 aliphatic rings. The van der Waals surface area contributed by atoms with Crippen LogP contribution >= 0.6 is 0 Å². The van der Waals surface area contributed by atoms with Crippen molar-refractivity contribution >= 4 is 34.8 Å². The van der Waals surface area contributed by atoms with Gasteiger partial charge in [-0.3, -0.25) is 14.5 Å². The topological polar surface area (TPSA) is 100 Å². The Balaban J connectivity index is 1.48. The molecule has 33 heavy (non-hydrogen) atoms. The summed E-state index contributed by atoms with van der Waals surface area (Å²) in [6, 6.07) is 12.6. The van der Waals surface area contributed by atoms with E-state index < -0.39 is 5.97 Å². The van der Waals surface area contributed by atoms with Gasteiger partial charge in [0.15, 0.2) is 0 Å². The monoisotopic (exact) mass is 454 g/mol. The predicted molar refractivity (Wildman–Crippen MR) is 127 cm³/mol. The first kappa shape index (κ1) is 24.2. The molecule has 0 aromatic heterocycles. The fourth-order valence-electron chi connectivity index (χ4n) is 3.52. The van der Waals surface area contributed by atoms with Crippen molar-refractivity contribution in [2.45, 2.75) is 6.92 Å². The van der Waals surface area contributed by atoms with Crippen molar-refractivity contribution in [1.29, 1.82) is 0 Å². The van der Waals surface area contributed by atoms with E-state index in [1.807, 2.05) is 31.2 Å². The highest BCUT2D eigenvalue weighted by molar-refractivity contribution is 5.97. The minimum Gasteiger partial charge on any atom is -0.465 e. The number of methoxy groups -OCH3 is 1. The first-order valence-electron chi connectivity index (χ1n) is 10.8. The predicted octanol–water partition coefficient (Wildman–Crippen LogP) is 2.13. The zero-order valence-electron chi connectivity index (χ0n) is 19.2. The second-order valence-electron chi connectivity index (χ2n) is 7.94. The molecule has 9 heteroatoms. The Morgan fingerprint density at radius 2 is 1.64 bits per heavy atom. The maximum absolute atomic E-state index is 12.4. The molecule has 1 saturated heterocycles. The lowest BCUT2D eigenvalue weighted by Crippen LogP contribution is -2.36. The van der Waals surface area contributed by atoms with Gasteiger partial charge in [0.2, 0.25) is 11.8 Å². The number of morpholine rings is 1. The number of anilines is 3. The number of amides is 2. The van der Waals surface area contributed by atoms with E-state index in [2.05, 4.69) is 15.5 Å². The van der Waals surface area contributed by atoms with Gasteiger partial charge in [-0.15, -0.1) is 0 Å². The zero-order valence-corrected chi connectivity index (χ0v) is 19.2. The minimum atomic E-state index is -0.475. The first-order chi connectivity index (χ1) is 15.9. The molecule has 0 radical (unpaired) electrons. The molecule has 1 heterocycles. The van der Waals surface area contributed by atoms with Crippen LogP contribution in [-0.2, 0) is 19.1 Å². The van der Waals surface area contributed by atoms with Crippen molar-refractivity contribution < 1.29 is 23.9 Å². The SMILES string of the molecule is COC(=O)c1ccc(C)c(NC(=O)CN(C)CC(=O)Nc2ccc(N3CCOCC3)cc2)c1. The van der Waals surface area contributed by atoms with Crippen LogP contribution in [0.5, 0.6) is 0 Å². The highest BCUT2D eigenvalue weighted by Crippen LogP contribution is 2.19. The van der Waals surface area contributed by atoms with Gasteiger partial charge >= 0.3 is 5.97 Å². The average Bonchev–Trinajstić information content (AvgIpc) is 2.80. The number of hydrogen-bond donors (Lipinski definition) is 2. The number of aryl methyl sites for hydroxylation is 1. The van der Waals surface area contributed by atoms with E-state index in [1.165, 1.54) is 7.11 Å². The van der Waals surface area contributed by atoms with Gasteiger partial charge in [0.25, 0.3) is 0 Å². The van der Waals surface area contributed by atoms with Crippen LogP contribution in [0.2, 0.25) is 0 Å². The van der Waals surface area contributed by atoms with Crippen molar-refractivity contribution in [3.63, 3.8) is 0 Å². The van der Waals surface area contributed by atoms with Crippen molar-refractivity contribution in [3.05, 3.63) is 53.6 Å². The molecule has 0 spiro atoms. The molecule has 0 aliphatic carbocycles. The molecular weight excluding hydrogens is 424 g/mol. The summed E-state index contributed by atoms with van der Waals surface area (Å²) < 4.78 is 10.1.